The minimum Gasteiger partial charge on any atom is -0.497 e. The molecular weight excluding hydrogens is 316 g/mol. The molecule has 2 amide bonds. The van der Waals surface area contributed by atoms with Gasteiger partial charge in [0.1, 0.15) is 18.1 Å². The van der Waals surface area contributed by atoms with Crippen LogP contribution in [0.1, 0.15) is 0 Å². The van der Waals surface area contributed by atoms with Crippen molar-refractivity contribution in [1.29, 1.82) is 0 Å². The second-order valence-corrected chi connectivity index (χ2v) is 5.44. The van der Waals surface area contributed by atoms with Gasteiger partial charge < -0.3 is 20.1 Å². The van der Waals surface area contributed by atoms with Crippen LogP contribution < -0.4 is 20.1 Å². The van der Waals surface area contributed by atoms with Crippen LogP contribution in [0.4, 0.5) is 10.5 Å². The summed E-state index contributed by atoms with van der Waals surface area (Å²) in [7, 11) is 1.59. The number of amides is 2. The maximum absolute atomic E-state index is 11.9. The van der Waals surface area contributed by atoms with Crippen molar-refractivity contribution in [3.63, 3.8) is 0 Å². The monoisotopic (exact) mass is 336 g/mol. The zero-order chi connectivity index (χ0) is 17.5. The standard InChI is InChI=1S/C20H20N2O3/c1-24-17-9-5-8-16(14-17)22-20(23)21-12-13-25-19-11-4-7-15-6-2-3-10-18(15)19/h2-11,14H,12-13H2,1H3,(H2,21,22,23). The fraction of sp³-hybridized carbons (Fsp3) is 0.150. The van der Waals surface area contributed by atoms with Gasteiger partial charge >= 0.3 is 6.03 Å². The van der Waals surface area contributed by atoms with Crippen molar-refractivity contribution in [2.24, 2.45) is 0 Å². The summed E-state index contributed by atoms with van der Waals surface area (Å²) in [6.07, 6.45) is 0. The van der Waals surface area contributed by atoms with Crippen molar-refractivity contribution in [2.45, 2.75) is 0 Å². The van der Waals surface area contributed by atoms with Gasteiger partial charge in [-0.2, -0.15) is 0 Å². The molecule has 5 nitrogen and oxygen atoms in total. The Kier molecular flexibility index (Phi) is 5.36. The number of carbonyl (C=O) groups is 1. The lowest BCUT2D eigenvalue weighted by Gasteiger charge is -2.11. The van der Waals surface area contributed by atoms with E-state index < -0.39 is 0 Å². The Labute approximate surface area is 146 Å². The molecule has 0 bridgehead atoms. The first-order valence-electron chi connectivity index (χ1n) is 8.06. The van der Waals surface area contributed by atoms with Gasteiger partial charge in [-0.1, -0.05) is 42.5 Å². The molecule has 3 rings (SSSR count). The first kappa shape index (κ1) is 16.6. The van der Waals surface area contributed by atoms with E-state index in [9.17, 15) is 4.79 Å². The third-order valence-corrected chi connectivity index (χ3v) is 3.72. The Hall–Kier alpha value is -3.21. The summed E-state index contributed by atoms with van der Waals surface area (Å²) >= 11 is 0. The van der Waals surface area contributed by atoms with Crippen molar-refractivity contribution in [1.82, 2.24) is 5.32 Å². The van der Waals surface area contributed by atoms with Crippen LogP contribution in [-0.2, 0) is 0 Å². The number of anilines is 1. The molecule has 25 heavy (non-hydrogen) atoms. The third-order valence-electron chi connectivity index (χ3n) is 3.72. The third kappa shape index (κ3) is 4.41. The molecule has 0 radical (unpaired) electrons. The molecule has 2 N–H and O–H groups in total. The van der Waals surface area contributed by atoms with Gasteiger partial charge in [-0.25, -0.2) is 4.79 Å². The highest BCUT2D eigenvalue weighted by molar-refractivity contribution is 5.89. The zero-order valence-corrected chi connectivity index (χ0v) is 14.0. The SMILES string of the molecule is COc1cccc(NC(=O)NCCOc2cccc3ccccc23)c1. The number of fused-ring (bicyclic) bond motifs is 1. The summed E-state index contributed by atoms with van der Waals surface area (Å²) in [5.74, 6) is 1.50. The predicted octanol–water partition coefficient (Wildman–Crippen LogP) is 4.05. The summed E-state index contributed by atoms with van der Waals surface area (Å²) in [5, 5.41) is 7.72. The average Bonchev–Trinajstić information content (AvgIpc) is 2.65. The highest BCUT2D eigenvalue weighted by Gasteiger charge is 2.04. The van der Waals surface area contributed by atoms with E-state index in [2.05, 4.69) is 10.6 Å². The topological polar surface area (TPSA) is 59.6 Å². The number of ether oxygens (including phenoxy) is 2. The lowest BCUT2D eigenvalue weighted by molar-refractivity contribution is 0.247. The van der Waals surface area contributed by atoms with Crippen LogP contribution in [0.2, 0.25) is 0 Å². The minimum absolute atomic E-state index is 0.283. The largest absolute Gasteiger partial charge is 0.497 e. The molecule has 0 spiro atoms. The van der Waals surface area contributed by atoms with Crippen LogP contribution in [0.25, 0.3) is 10.8 Å². The Morgan fingerprint density at radius 1 is 1.00 bits per heavy atom. The molecule has 0 unspecified atom stereocenters. The summed E-state index contributed by atoms with van der Waals surface area (Å²) in [6, 6.07) is 20.9. The van der Waals surface area contributed by atoms with Gasteiger partial charge in [0, 0.05) is 17.1 Å². The molecule has 128 valence electrons. The molecule has 0 aliphatic rings. The van der Waals surface area contributed by atoms with E-state index in [1.54, 1.807) is 19.2 Å². The van der Waals surface area contributed by atoms with Gasteiger partial charge in [-0.3, -0.25) is 0 Å². The van der Waals surface area contributed by atoms with E-state index in [0.717, 1.165) is 16.5 Å². The van der Waals surface area contributed by atoms with Gasteiger partial charge in [-0.05, 0) is 23.6 Å². The first-order valence-corrected chi connectivity index (χ1v) is 8.06. The highest BCUT2D eigenvalue weighted by atomic mass is 16.5. The molecule has 0 heterocycles. The molecule has 0 saturated heterocycles. The van der Waals surface area contributed by atoms with Gasteiger partial charge in [0.15, 0.2) is 0 Å². The molecule has 0 saturated carbocycles. The fourth-order valence-electron chi connectivity index (χ4n) is 2.52. The van der Waals surface area contributed by atoms with E-state index in [1.165, 1.54) is 0 Å². The van der Waals surface area contributed by atoms with Crippen LogP contribution in [0.5, 0.6) is 11.5 Å². The number of nitrogens with one attached hydrogen (secondary N) is 2. The van der Waals surface area contributed by atoms with Gasteiger partial charge in [0.2, 0.25) is 0 Å². The molecule has 0 aliphatic carbocycles. The van der Waals surface area contributed by atoms with E-state index in [0.29, 0.717) is 24.6 Å². The quantitative estimate of drug-likeness (QED) is 0.668. The molecule has 3 aromatic carbocycles. The smallest absolute Gasteiger partial charge is 0.319 e. The second kappa shape index (κ2) is 8.06. The maximum Gasteiger partial charge on any atom is 0.319 e. The number of rotatable bonds is 6. The second-order valence-electron chi connectivity index (χ2n) is 5.44. The number of carbonyl (C=O) groups excluding carboxylic acids is 1. The molecule has 0 fully saturated rings. The fourth-order valence-corrected chi connectivity index (χ4v) is 2.52. The van der Waals surface area contributed by atoms with Crippen molar-refractivity contribution >= 4 is 22.5 Å². The Morgan fingerprint density at radius 3 is 2.68 bits per heavy atom. The number of benzene rings is 3. The van der Waals surface area contributed by atoms with Crippen molar-refractivity contribution in [3.05, 3.63) is 66.7 Å². The first-order chi connectivity index (χ1) is 12.3. The van der Waals surface area contributed by atoms with E-state index in [1.807, 2.05) is 54.6 Å². The van der Waals surface area contributed by atoms with Crippen LogP contribution in [0.15, 0.2) is 66.7 Å². The Bertz CT molecular complexity index is 859. The van der Waals surface area contributed by atoms with Crippen molar-refractivity contribution in [3.8, 4) is 11.5 Å². The minimum atomic E-state index is -0.283. The number of hydrogen-bond donors (Lipinski definition) is 2. The molecule has 0 atom stereocenters. The van der Waals surface area contributed by atoms with Crippen LogP contribution >= 0.6 is 0 Å². The highest BCUT2D eigenvalue weighted by Crippen LogP contribution is 2.24. The number of hydrogen-bond acceptors (Lipinski definition) is 3. The predicted molar refractivity (Wildman–Crippen MR) is 99.5 cm³/mol. The lowest BCUT2D eigenvalue weighted by atomic mass is 10.1. The maximum atomic E-state index is 11.9. The number of urea groups is 1. The van der Waals surface area contributed by atoms with Crippen LogP contribution in [-0.4, -0.2) is 26.3 Å². The van der Waals surface area contributed by atoms with Crippen LogP contribution in [0.3, 0.4) is 0 Å². The molecule has 0 aliphatic heterocycles. The molecule has 3 aromatic rings. The summed E-state index contributed by atoms with van der Waals surface area (Å²) in [4.78, 5) is 11.9. The lowest BCUT2D eigenvalue weighted by Crippen LogP contribution is -2.32. The van der Waals surface area contributed by atoms with Gasteiger partial charge in [0.05, 0.1) is 13.7 Å². The Morgan fingerprint density at radius 2 is 1.80 bits per heavy atom. The van der Waals surface area contributed by atoms with E-state index in [4.69, 9.17) is 9.47 Å². The average molecular weight is 336 g/mol. The molecule has 5 heteroatoms. The van der Waals surface area contributed by atoms with Gasteiger partial charge in [-0.15, -0.1) is 0 Å². The van der Waals surface area contributed by atoms with Crippen LogP contribution in [0, 0.1) is 0 Å². The zero-order valence-electron chi connectivity index (χ0n) is 14.0. The van der Waals surface area contributed by atoms with E-state index >= 15 is 0 Å². The van der Waals surface area contributed by atoms with Crippen molar-refractivity contribution in [2.75, 3.05) is 25.6 Å². The molecular formula is C20H20N2O3. The summed E-state index contributed by atoms with van der Waals surface area (Å²) in [6.45, 7) is 0.790. The Balaban J connectivity index is 1.48. The van der Waals surface area contributed by atoms with Crippen molar-refractivity contribution < 1.29 is 14.3 Å². The molecule has 0 aromatic heterocycles. The summed E-state index contributed by atoms with van der Waals surface area (Å²) < 4.78 is 10.9. The normalized spacial score (nSPS) is 10.3. The number of methoxy groups -OCH3 is 1. The van der Waals surface area contributed by atoms with Gasteiger partial charge in [0.25, 0.3) is 0 Å². The van der Waals surface area contributed by atoms with E-state index in [-0.39, 0.29) is 6.03 Å². The summed E-state index contributed by atoms with van der Waals surface area (Å²) in [5.41, 5.74) is 0.673.